The highest BCUT2D eigenvalue weighted by molar-refractivity contribution is 5.89. The zero-order valence-electron chi connectivity index (χ0n) is 18.2. The molecule has 0 aliphatic rings. The van der Waals surface area contributed by atoms with Crippen LogP contribution >= 0.6 is 0 Å². The van der Waals surface area contributed by atoms with Crippen LogP contribution in [0.4, 0.5) is 0 Å². The molecule has 6 nitrogen and oxygen atoms in total. The van der Waals surface area contributed by atoms with E-state index < -0.39 is 5.97 Å². The van der Waals surface area contributed by atoms with Crippen molar-refractivity contribution in [3.8, 4) is 17.2 Å². The second-order valence-electron chi connectivity index (χ2n) is 6.98. The Kier molecular flexibility index (Phi) is 8.26. The van der Waals surface area contributed by atoms with Crippen molar-refractivity contribution in [2.75, 3.05) is 13.7 Å². The maximum Gasteiger partial charge on any atom is 0.338 e. The van der Waals surface area contributed by atoms with Crippen molar-refractivity contribution >= 4 is 11.9 Å². The predicted molar refractivity (Wildman–Crippen MR) is 120 cm³/mol. The number of esters is 2. The minimum Gasteiger partial charge on any atom is -0.493 e. The average molecular weight is 434 g/mol. The highest BCUT2D eigenvalue weighted by Crippen LogP contribution is 2.28. The van der Waals surface area contributed by atoms with Gasteiger partial charge in [-0.25, -0.2) is 4.79 Å². The predicted octanol–water partition coefficient (Wildman–Crippen LogP) is 4.99. The van der Waals surface area contributed by atoms with Gasteiger partial charge < -0.3 is 18.9 Å². The van der Waals surface area contributed by atoms with Crippen molar-refractivity contribution in [2.24, 2.45) is 0 Å². The standard InChI is InChI=1S/C26H26O6/c1-3-30-23-15-9-19(17-24(23)29-2)10-16-25(27)32-22-13-11-21(12-14-22)26(28)31-18-20-7-5-4-6-8-20/h4-9,11-15,17H,3,10,16,18H2,1-2H3. The highest BCUT2D eigenvalue weighted by Gasteiger charge is 2.11. The molecule has 3 rings (SSSR count). The van der Waals surface area contributed by atoms with E-state index >= 15 is 0 Å². The Morgan fingerprint density at radius 3 is 2.28 bits per heavy atom. The monoisotopic (exact) mass is 434 g/mol. The summed E-state index contributed by atoms with van der Waals surface area (Å²) >= 11 is 0. The third-order valence-corrected chi connectivity index (χ3v) is 4.68. The number of hydrogen-bond donors (Lipinski definition) is 0. The van der Waals surface area contributed by atoms with Crippen molar-refractivity contribution in [1.29, 1.82) is 0 Å². The second kappa shape index (κ2) is 11.6. The van der Waals surface area contributed by atoms with Gasteiger partial charge in [-0.2, -0.15) is 0 Å². The summed E-state index contributed by atoms with van der Waals surface area (Å²) in [7, 11) is 1.58. The van der Waals surface area contributed by atoms with Crippen molar-refractivity contribution < 1.29 is 28.5 Å². The van der Waals surface area contributed by atoms with E-state index in [0.717, 1.165) is 11.1 Å². The number of carbonyl (C=O) groups excluding carboxylic acids is 2. The van der Waals surface area contributed by atoms with E-state index in [1.165, 1.54) is 0 Å². The topological polar surface area (TPSA) is 71.1 Å². The molecule has 0 amide bonds. The molecule has 166 valence electrons. The lowest BCUT2D eigenvalue weighted by Crippen LogP contribution is -2.10. The molecule has 3 aromatic carbocycles. The average Bonchev–Trinajstić information content (AvgIpc) is 2.83. The van der Waals surface area contributed by atoms with E-state index in [2.05, 4.69) is 0 Å². The van der Waals surface area contributed by atoms with E-state index in [9.17, 15) is 9.59 Å². The summed E-state index contributed by atoms with van der Waals surface area (Å²) in [6, 6.07) is 21.4. The van der Waals surface area contributed by atoms with Crippen LogP contribution in [0.5, 0.6) is 17.2 Å². The molecule has 0 spiro atoms. The van der Waals surface area contributed by atoms with Crippen LogP contribution in [0.15, 0.2) is 72.8 Å². The molecule has 0 saturated heterocycles. The lowest BCUT2D eigenvalue weighted by atomic mass is 10.1. The van der Waals surface area contributed by atoms with Crippen molar-refractivity contribution in [2.45, 2.75) is 26.4 Å². The van der Waals surface area contributed by atoms with Crippen LogP contribution in [0, 0.1) is 0 Å². The SMILES string of the molecule is CCOc1ccc(CCC(=O)Oc2ccc(C(=O)OCc3ccccc3)cc2)cc1OC. The quantitative estimate of drug-likeness (QED) is 0.331. The molecule has 6 heteroatoms. The van der Waals surface area contributed by atoms with Gasteiger partial charge in [0.25, 0.3) is 0 Å². The third kappa shape index (κ3) is 6.60. The van der Waals surface area contributed by atoms with E-state index in [-0.39, 0.29) is 19.0 Å². The fourth-order valence-corrected chi connectivity index (χ4v) is 3.04. The number of ether oxygens (including phenoxy) is 4. The van der Waals surface area contributed by atoms with Crippen LogP contribution in [-0.2, 0) is 22.6 Å². The lowest BCUT2D eigenvalue weighted by Gasteiger charge is -2.11. The molecule has 0 aromatic heterocycles. The van der Waals surface area contributed by atoms with E-state index in [4.69, 9.17) is 18.9 Å². The summed E-state index contributed by atoms with van der Waals surface area (Å²) < 4.78 is 21.5. The summed E-state index contributed by atoms with van der Waals surface area (Å²) in [5.41, 5.74) is 2.25. The Bertz CT molecular complexity index is 1030. The zero-order chi connectivity index (χ0) is 22.8. The number of carbonyl (C=O) groups is 2. The van der Waals surface area contributed by atoms with E-state index in [1.807, 2.05) is 55.5 Å². The smallest absolute Gasteiger partial charge is 0.338 e. The Balaban J connectivity index is 1.48. The molecule has 0 bridgehead atoms. The fourth-order valence-electron chi connectivity index (χ4n) is 3.04. The second-order valence-corrected chi connectivity index (χ2v) is 6.98. The minimum absolute atomic E-state index is 0.201. The van der Waals surface area contributed by atoms with Gasteiger partial charge >= 0.3 is 11.9 Å². The van der Waals surface area contributed by atoms with Crippen LogP contribution in [0.3, 0.4) is 0 Å². The molecule has 0 fully saturated rings. The molecule has 0 radical (unpaired) electrons. The van der Waals surface area contributed by atoms with Gasteiger partial charge in [0.2, 0.25) is 0 Å². The van der Waals surface area contributed by atoms with E-state index in [1.54, 1.807) is 31.4 Å². The van der Waals surface area contributed by atoms with Gasteiger partial charge in [-0.05, 0) is 60.9 Å². The number of benzene rings is 3. The summed E-state index contributed by atoms with van der Waals surface area (Å²) in [5.74, 6) is 0.878. The van der Waals surface area contributed by atoms with Crippen LogP contribution in [0.2, 0.25) is 0 Å². The van der Waals surface area contributed by atoms with Crippen LogP contribution < -0.4 is 14.2 Å². The fraction of sp³-hybridized carbons (Fsp3) is 0.231. The summed E-state index contributed by atoms with van der Waals surface area (Å²) in [4.78, 5) is 24.4. The molecule has 0 unspecified atom stereocenters. The summed E-state index contributed by atoms with van der Waals surface area (Å²) in [6.45, 7) is 2.65. The molecule has 0 saturated carbocycles. The van der Waals surface area contributed by atoms with Gasteiger partial charge in [0.15, 0.2) is 11.5 Å². The van der Waals surface area contributed by atoms with Gasteiger partial charge in [-0.3, -0.25) is 4.79 Å². The van der Waals surface area contributed by atoms with Crippen molar-refractivity contribution in [1.82, 2.24) is 0 Å². The first-order chi connectivity index (χ1) is 15.6. The van der Waals surface area contributed by atoms with Crippen LogP contribution in [0.1, 0.15) is 34.8 Å². The first-order valence-electron chi connectivity index (χ1n) is 10.4. The maximum absolute atomic E-state index is 12.2. The maximum atomic E-state index is 12.2. The van der Waals surface area contributed by atoms with Gasteiger partial charge in [0.1, 0.15) is 12.4 Å². The van der Waals surface area contributed by atoms with Gasteiger partial charge in [-0.15, -0.1) is 0 Å². The van der Waals surface area contributed by atoms with Gasteiger partial charge in [0.05, 0.1) is 19.3 Å². The zero-order valence-corrected chi connectivity index (χ0v) is 18.2. The van der Waals surface area contributed by atoms with E-state index in [0.29, 0.717) is 35.8 Å². The number of methoxy groups -OCH3 is 1. The molecule has 0 N–H and O–H groups in total. The normalized spacial score (nSPS) is 10.3. The third-order valence-electron chi connectivity index (χ3n) is 4.68. The van der Waals surface area contributed by atoms with Crippen molar-refractivity contribution in [3.05, 3.63) is 89.5 Å². The molecule has 0 aliphatic carbocycles. The van der Waals surface area contributed by atoms with Crippen molar-refractivity contribution in [3.63, 3.8) is 0 Å². The van der Waals surface area contributed by atoms with Crippen LogP contribution in [-0.4, -0.2) is 25.7 Å². The Hall–Kier alpha value is -3.80. The Labute approximate surface area is 187 Å². The molecule has 0 aliphatic heterocycles. The largest absolute Gasteiger partial charge is 0.493 e. The Morgan fingerprint density at radius 2 is 1.59 bits per heavy atom. The molecular formula is C26H26O6. The molecule has 32 heavy (non-hydrogen) atoms. The molecule has 3 aromatic rings. The van der Waals surface area contributed by atoms with Crippen LogP contribution in [0.25, 0.3) is 0 Å². The first kappa shape index (κ1) is 22.9. The number of rotatable bonds is 10. The molecule has 0 atom stereocenters. The number of aryl methyl sites for hydroxylation is 1. The lowest BCUT2D eigenvalue weighted by molar-refractivity contribution is -0.134. The minimum atomic E-state index is -0.434. The Morgan fingerprint density at radius 1 is 0.844 bits per heavy atom. The summed E-state index contributed by atoms with van der Waals surface area (Å²) in [5, 5.41) is 0. The first-order valence-corrected chi connectivity index (χ1v) is 10.4. The molecule has 0 heterocycles. The molecular weight excluding hydrogens is 408 g/mol. The summed E-state index contributed by atoms with van der Waals surface area (Å²) in [6.07, 6.45) is 0.712. The van der Waals surface area contributed by atoms with Gasteiger partial charge in [0, 0.05) is 6.42 Å². The number of hydrogen-bond acceptors (Lipinski definition) is 6. The highest BCUT2D eigenvalue weighted by atomic mass is 16.5. The van der Waals surface area contributed by atoms with Gasteiger partial charge in [-0.1, -0.05) is 36.4 Å².